The molecule has 0 aliphatic heterocycles. The minimum atomic E-state index is -0.610. The van der Waals surface area contributed by atoms with E-state index in [2.05, 4.69) is 20.4 Å². The van der Waals surface area contributed by atoms with E-state index >= 15 is 0 Å². The Morgan fingerprint density at radius 2 is 2.25 bits per heavy atom. The van der Waals surface area contributed by atoms with E-state index in [1.807, 2.05) is 6.07 Å². The zero-order chi connectivity index (χ0) is 17.3. The number of nitrogens with one attached hydrogen (secondary N) is 1. The summed E-state index contributed by atoms with van der Waals surface area (Å²) in [6.07, 6.45) is 2.70. The van der Waals surface area contributed by atoms with Crippen molar-refractivity contribution in [1.29, 1.82) is 5.26 Å². The second kappa shape index (κ2) is 6.10. The summed E-state index contributed by atoms with van der Waals surface area (Å²) in [7, 11) is 0. The molecule has 0 saturated carbocycles. The maximum Gasteiger partial charge on any atom is 0.310 e. The molecule has 1 N–H and O–H groups in total. The minimum Gasteiger partial charge on any atom is -0.364 e. The van der Waals surface area contributed by atoms with Crippen LogP contribution in [0.4, 0.5) is 11.4 Å². The lowest BCUT2D eigenvalue weighted by Gasteiger charge is -2.10. The van der Waals surface area contributed by atoms with Crippen LogP contribution >= 0.6 is 11.6 Å². The molecule has 0 aliphatic carbocycles. The van der Waals surface area contributed by atoms with Gasteiger partial charge in [-0.15, -0.1) is 0 Å². The van der Waals surface area contributed by atoms with Gasteiger partial charge in [0, 0.05) is 11.5 Å². The number of anilines is 1. The molecule has 10 heteroatoms. The molecular formula is C14H10ClN7O2. The Hall–Kier alpha value is -3.25. The predicted octanol–water partition coefficient (Wildman–Crippen LogP) is 2.70. The van der Waals surface area contributed by atoms with Gasteiger partial charge in [-0.3, -0.25) is 10.1 Å². The van der Waals surface area contributed by atoms with E-state index in [-0.39, 0.29) is 11.4 Å². The number of nitriles is 1. The first kappa shape index (κ1) is 15.6. The molecule has 24 heavy (non-hydrogen) atoms. The Kier molecular flexibility index (Phi) is 3.97. The van der Waals surface area contributed by atoms with E-state index in [1.54, 1.807) is 25.3 Å². The fourth-order valence-electron chi connectivity index (χ4n) is 2.13. The molecule has 3 heterocycles. The van der Waals surface area contributed by atoms with E-state index in [0.29, 0.717) is 16.6 Å². The van der Waals surface area contributed by atoms with Crippen LogP contribution in [0.3, 0.4) is 0 Å². The number of rotatable bonds is 4. The summed E-state index contributed by atoms with van der Waals surface area (Å²) < 4.78 is 1.42. The van der Waals surface area contributed by atoms with Gasteiger partial charge in [-0.2, -0.15) is 15.0 Å². The molecule has 1 atom stereocenters. The first-order chi connectivity index (χ1) is 11.5. The molecule has 9 nitrogen and oxygen atoms in total. The van der Waals surface area contributed by atoms with Crippen molar-refractivity contribution >= 4 is 34.0 Å². The number of fused-ring (bicyclic) bond motifs is 1. The highest BCUT2D eigenvalue weighted by molar-refractivity contribution is 6.29. The Balaban J connectivity index is 2.14. The number of hydrogen-bond acceptors (Lipinski definition) is 7. The SMILES string of the molecule is CC(C#N)Nc1cc(-n2ncc3ccc(Cl)nc32)ncc1[N+](=O)[O-]. The van der Waals surface area contributed by atoms with Gasteiger partial charge in [0.15, 0.2) is 11.5 Å². The van der Waals surface area contributed by atoms with Crippen molar-refractivity contribution in [2.75, 3.05) is 5.32 Å². The average molecular weight is 344 g/mol. The van der Waals surface area contributed by atoms with E-state index in [4.69, 9.17) is 16.9 Å². The third-order valence-electron chi connectivity index (χ3n) is 3.23. The van der Waals surface area contributed by atoms with Gasteiger partial charge in [0.2, 0.25) is 0 Å². The number of pyridine rings is 2. The fourth-order valence-corrected chi connectivity index (χ4v) is 2.27. The summed E-state index contributed by atoms with van der Waals surface area (Å²) in [6, 6.07) is 6.20. The monoisotopic (exact) mass is 343 g/mol. The molecule has 0 radical (unpaired) electrons. The number of nitrogens with zero attached hydrogens (tertiary/aromatic N) is 6. The van der Waals surface area contributed by atoms with Gasteiger partial charge >= 0.3 is 5.69 Å². The molecule has 120 valence electrons. The highest BCUT2D eigenvalue weighted by atomic mass is 35.5. The van der Waals surface area contributed by atoms with Gasteiger partial charge < -0.3 is 5.32 Å². The minimum absolute atomic E-state index is 0.171. The molecule has 0 bridgehead atoms. The third-order valence-corrected chi connectivity index (χ3v) is 3.44. The average Bonchev–Trinajstić information content (AvgIpc) is 2.97. The van der Waals surface area contributed by atoms with Crippen LogP contribution in [-0.4, -0.2) is 30.7 Å². The van der Waals surface area contributed by atoms with Gasteiger partial charge in [-0.25, -0.2) is 9.97 Å². The van der Waals surface area contributed by atoms with Gasteiger partial charge in [-0.05, 0) is 19.1 Å². The number of nitro groups is 1. The lowest BCUT2D eigenvalue weighted by atomic mass is 10.3. The van der Waals surface area contributed by atoms with Crippen LogP contribution in [0.2, 0.25) is 5.15 Å². The topological polar surface area (TPSA) is 123 Å². The van der Waals surface area contributed by atoms with Gasteiger partial charge in [0.25, 0.3) is 0 Å². The normalized spacial score (nSPS) is 11.9. The molecule has 3 aromatic heterocycles. The second-order valence-corrected chi connectivity index (χ2v) is 5.30. The molecule has 0 aliphatic rings. The lowest BCUT2D eigenvalue weighted by Crippen LogP contribution is -2.14. The standard InChI is InChI=1S/C14H10ClN7O2/c1-8(5-16)19-10-4-13(17-7-11(10)22(23)24)21-14-9(6-18-21)2-3-12(15)20-14/h2-4,6-8H,1H3,(H,17,19). The summed E-state index contributed by atoms with van der Waals surface area (Å²) in [4.78, 5) is 18.8. The highest BCUT2D eigenvalue weighted by Gasteiger charge is 2.19. The molecular weight excluding hydrogens is 334 g/mol. The van der Waals surface area contributed by atoms with Crippen LogP contribution in [0.5, 0.6) is 0 Å². The van der Waals surface area contributed by atoms with Crippen LogP contribution in [0.15, 0.2) is 30.6 Å². The fraction of sp³-hybridized carbons (Fsp3) is 0.143. The summed E-state index contributed by atoms with van der Waals surface area (Å²) >= 11 is 5.91. The van der Waals surface area contributed by atoms with Crippen molar-refractivity contribution in [3.05, 3.63) is 45.9 Å². The van der Waals surface area contributed by atoms with Crippen molar-refractivity contribution < 1.29 is 4.92 Å². The van der Waals surface area contributed by atoms with E-state index < -0.39 is 11.0 Å². The van der Waals surface area contributed by atoms with Crippen molar-refractivity contribution in [2.45, 2.75) is 13.0 Å². The number of aromatic nitrogens is 4. The van der Waals surface area contributed by atoms with E-state index in [1.165, 1.54) is 10.7 Å². The highest BCUT2D eigenvalue weighted by Crippen LogP contribution is 2.27. The van der Waals surface area contributed by atoms with Crippen LogP contribution in [-0.2, 0) is 0 Å². The van der Waals surface area contributed by atoms with Crippen LogP contribution in [0.25, 0.3) is 16.9 Å². The summed E-state index contributed by atoms with van der Waals surface area (Å²) in [5.41, 5.74) is 0.413. The molecule has 0 amide bonds. The quantitative estimate of drug-likeness (QED) is 0.439. The molecule has 3 rings (SSSR count). The van der Waals surface area contributed by atoms with Crippen LogP contribution in [0, 0.1) is 21.4 Å². The summed E-state index contributed by atoms with van der Waals surface area (Å²) in [5.74, 6) is 0.318. The first-order valence-electron chi connectivity index (χ1n) is 6.81. The van der Waals surface area contributed by atoms with E-state index in [9.17, 15) is 10.1 Å². The predicted molar refractivity (Wildman–Crippen MR) is 87.0 cm³/mol. The van der Waals surface area contributed by atoms with Gasteiger partial charge in [0.05, 0.1) is 17.2 Å². The molecule has 0 saturated heterocycles. The summed E-state index contributed by atoms with van der Waals surface area (Å²) in [6.45, 7) is 1.59. The Bertz CT molecular complexity index is 979. The van der Waals surface area contributed by atoms with Crippen LogP contribution < -0.4 is 5.32 Å². The smallest absolute Gasteiger partial charge is 0.310 e. The Morgan fingerprint density at radius 1 is 1.46 bits per heavy atom. The summed E-state index contributed by atoms with van der Waals surface area (Å²) in [5, 5.41) is 28.1. The van der Waals surface area contributed by atoms with E-state index in [0.717, 1.165) is 11.6 Å². The van der Waals surface area contributed by atoms with Crippen LogP contribution in [0.1, 0.15) is 6.92 Å². The Morgan fingerprint density at radius 3 is 2.96 bits per heavy atom. The maximum atomic E-state index is 11.1. The zero-order valence-corrected chi connectivity index (χ0v) is 13.1. The molecule has 0 aromatic carbocycles. The largest absolute Gasteiger partial charge is 0.364 e. The molecule has 0 spiro atoms. The first-order valence-corrected chi connectivity index (χ1v) is 7.18. The third kappa shape index (κ3) is 2.82. The van der Waals surface area contributed by atoms with Crippen molar-refractivity contribution in [3.8, 4) is 11.9 Å². The van der Waals surface area contributed by atoms with Crippen molar-refractivity contribution in [3.63, 3.8) is 0 Å². The zero-order valence-electron chi connectivity index (χ0n) is 12.3. The van der Waals surface area contributed by atoms with Gasteiger partial charge in [0.1, 0.15) is 23.1 Å². The number of halogens is 1. The van der Waals surface area contributed by atoms with Gasteiger partial charge in [-0.1, -0.05) is 11.6 Å². The molecule has 3 aromatic rings. The molecule has 0 fully saturated rings. The lowest BCUT2D eigenvalue weighted by molar-refractivity contribution is -0.384. The second-order valence-electron chi connectivity index (χ2n) is 4.92. The van der Waals surface area contributed by atoms with Crippen molar-refractivity contribution in [2.24, 2.45) is 0 Å². The Labute approximate surface area is 140 Å². The van der Waals surface area contributed by atoms with Crippen molar-refractivity contribution in [1.82, 2.24) is 19.7 Å². The number of hydrogen-bond donors (Lipinski definition) is 1. The molecule has 1 unspecified atom stereocenters. The maximum absolute atomic E-state index is 11.1.